The third kappa shape index (κ3) is 2.52. The molecule has 1 aromatic rings. The molecule has 0 unspecified atom stereocenters. The summed E-state index contributed by atoms with van der Waals surface area (Å²) in [6.07, 6.45) is 0. The first kappa shape index (κ1) is 12.2. The van der Waals surface area contributed by atoms with Gasteiger partial charge in [0.05, 0.1) is 36.5 Å². The van der Waals surface area contributed by atoms with Crippen molar-refractivity contribution in [3.63, 3.8) is 0 Å². The molecule has 1 aliphatic heterocycles. The van der Waals surface area contributed by atoms with Crippen molar-refractivity contribution in [3.05, 3.63) is 28.8 Å². The molecule has 1 heterocycles. The quantitative estimate of drug-likeness (QED) is 0.855. The summed E-state index contributed by atoms with van der Waals surface area (Å²) >= 11 is 5.81. The third-order valence-electron chi connectivity index (χ3n) is 2.91. The van der Waals surface area contributed by atoms with Crippen molar-refractivity contribution in [1.29, 1.82) is 5.26 Å². The van der Waals surface area contributed by atoms with Crippen LogP contribution in [0, 0.1) is 16.7 Å². The van der Waals surface area contributed by atoms with E-state index in [1.165, 1.54) is 0 Å². The number of benzene rings is 1. The molecular formula is C12H13ClN2O2. The SMILES string of the molecule is N#Cc1cc(Cl)ccc1NCC1(CO)COC1. The predicted molar refractivity (Wildman–Crippen MR) is 65.0 cm³/mol. The summed E-state index contributed by atoms with van der Waals surface area (Å²) in [5.74, 6) is 0. The zero-order valence-corrected chi connectivity index (χ0v) is 10.00. The van der Waals surface area contributed by atoms with Gasteiger partial charge in [0.15, 0.2) is 0 Å². The van der Waals surface area contributed by atoms with Crippen molar-refractivity contribution in [1.82, 2.24) is 0 Å². The van der Waals surface area contributed by atoms with E-state index >= 15 is 0 Å². The lowest BCUT2D eigenvalue weighted by atomic mass is 9.87. The topological polar surface area (TPSA) is 65.3 Å². The van der Waals surface area contributed by atoms with Gasteiger partial charge in [0.25, 0.3) is 0 Å². The number of aliphatic hydroxyl groups is 1. The summed E-state index contributed by atoms with van der Waals surface area (Å²) in [4.78, 5) is 0. The Balaban J connectivity index is 2.06. The molecule has 2 rings (SSSR count). The Morgan fingerprint density at radius 2 is 2.29 bits per heavy atom. The van der Waals surface area contributed by atoms with E-state index < -0.39 is 0 Å². The van der Waals surface area contributed by atoms with Crippen LogP contribution in [0.4, 0.5) is 5.69 Å². The van der Waals surface area contributed by atoms with Crippen LogP contribution < -0.4 is 5.32 Å². The Labute approximate surface area is 105 Å². The van der Waals surface area contributed by atoms with E-state index in [4.69, 9.17) is 21.6 Å². The number of hydrogen-bond donors (Lipinski definition) is 2. The van der Waals surface area contributed by atoms with Gasteiger partial charge in [-0.1, -0.05) is 11.6 Å². The van der Waals surface area contributed by atoms with Gasteiger partial charge >= 0.3 is 0 Å². The maximum atomic E-state index is 9.28. The van der Waals surface area contributed by atoms with Crippen molar-refractivity contribution in [3.8, 4) is 6.07 Å². The second-order valence-corrected chi connectivity index (χ2v) is 4.74. The monoisotopic (exact) mass is 252 g/mol. The summed E-state index contributed by atoms with van der Waals surface area (Å²) in [5.41, 5.74) is 1.02. The van der Waals surface area contributed by atoms with Crippen LogP contribution in [0.3, 0.4) is 0 Å². The fourth-order valence-electron chi connectivity index (χ4n) is 1.69. The van der Waals surface area contributed by atoms with Crippen LogP contribution in [-0.2, 0) is 4.74 Å². The molecule has 1 fully saturated rings. The second-order valence-electron chi connectivity index (χ2n) is 4.31. The van der Waals surface area contributed by atoms with E-state index in [0.29, 0.717) is 30.3 Å². The van der Waals surface area contributed by atoms with Gasteiger partial charge in [0.1, 0.15) is 6.07 Å². The minimum Gasteiger partial charge on any atom is -0.396 e. The molecule has 0 amide bonds. The van der Waals surface area contributed by atoms with Crippen molar-refractivity contribution in [2.45, 2.75) is 0 Å². The fraction of sp³-hybridized carbons (Fsp3) is 0.417. The summed E-state index contributed by atoms with van der Waals surface area (Å²) in [5, 5.41) is 22.0. The minimum absolute atomic E-state index is 0.0788. The number of hydrogen-bond acceptors (Lipinski definition) is 4. The van der Waals surface area contributed by atoms with Crippen molar-refractivity contribution >= 4 is 17.3 Å². The predicted octanol–water partition coefficient (Wildman–Crippen LogP) is 1.63. The molecule has 5 heteroatoms. The maximum absolute atomic E-state index is 9.28. The number of halogens is 1. The number of nitrogens with one attached hydrogen (secondary N) is 1. The van der Waals surface area contributed by atoms with Crippen molar-refractivity contribution in [2.75, 3.05) is 31.7 Å². The van der Waals surface area contributed by atoms with E-state index in [1.807, 2.05) is 0 Å². The molecule has 2 N–H and O–H groups in total. The standard InChI is InChI=1S/C12H13ClN2O2/c13-10-1-2-11(9(3-10)4-14)15-5-12(6-16)7-17-8-12/h1-3,15-16H,5-8H2. The van der Waals surface area contributed by atoms with Crippen LogP contribution in [0.5, 0.6) is 0 Å². The van der Waals surface area contributed by atoms with Gasteiger partial charge in [-0.05, 0) is 18.2 Å². The Hall–Kier alpha value is -1.28. The summed E-state index contributed by atoms with van der Waals surface area (Å²) < 4.78 is 5.11. The molecule has 0 radical (unpaired) electrons. The van der Waals surface area contributed by atoms with E-state index in [2.05, 4.69) is 11.4 Å². The van der Waals surface area contributed by atoms with Gasteiger partial charge in [0, 0.05) is 11.6 Å². The number of rotatable bonds is 4. The summed E-state index contributed by atoms with van der Waals surface area (Å²) in [7, 11) is 0. The van der Waals surface area contributed by atoms with Gasteiger partial charge < -0.3 is 15.2 Å². The zero-order chi connectivity index (χ0) is 12.3. The Bertz CT molecular complexity index is 447. The average Bonchev–Trinajstić information content (AvgIpc) is 2.29. The average molecular weight is 253 g/mol. The van der Waals surface area contributed by atoms with Gasteiger partial charge in [-0.25, -0.2) is 0 Å². The van der Waals surface area contributed by atoms with Crippen molar-refractivity contribution in [2.24, 2.45) is 5.41 Å². The smallest absolute Gasteiger partial charge is 0.101 e. The lowest BCUT2D eigenvalue weighted by molar-refractivity contribution is -0.128. The molecule has 0 atom stereocenters. The van der Waals surface area contributed by atoms with Crippen LogP contribution in [0.1, 0.15) is 5.56 Å². The van der Waals surface area contributed by atoms with Crippen LogP contribution in [0.25, 0.3) is 0 Å². The van der Waals surface area contributed by atoms with E-state index in [9.17, 15) is 5.11 Å². The maximum Gasteiger partial charge on any atom is 0.101 e. The number of aliphatic hydroxyl groups excluding tert-OH is 1. The van der Waals surface area contributed by atoms with E-state index in [1.54, 1.807) is 18.2 Å². The Morgan fingerprint density at radius 1 is 1.53 bits per heavy atom. The van der Waals surface area contributed by atoms with Crippen LogP contribution in [-0.4, -0.2) is 31.5 Å². The van der Waals surface area contributed by atoms with Crippen LogP contribution in [0.15, 0.2) is 18.2 Å². The Morgan fingerprint density at radius 3 is 2.82 bits per heavy atom. The molecule has 0 saturated carbocycles. The van der Waals surface area contributed by atoms with E-state index in [-0.39, 0.29) is 12.0 Å². The summed E-state index contributed by atoms with van der Waals surface area (Å²) in [6.45, 7) is 1.76. The molecule has 0 aromatic heterocycles. The molecule has 0 aliphatic carbocycles. The van der Waals surface area contributed by atoms with Crippen molar-refractivity contribution < 1.29 is 9.84 Å². The number of anilines is 1. The van der Waals surface area contributed by atoms with Crippen LogP contribution in [0.2, 0.25) is 5.02 Å². The summed E-state index contributed by atoms with van der Waals surface area (Å²) in [6, 6.07) is 7.20. The zero-order valence-electron chi connectivity index (χ0n) is 9.24. The highest BCUT2D eigenvalue weighted by Gasteiger charge is 2.37. The first-order chi connectivity index (χ1) is 8.19. The highest BCUT2D eigenvalue weighted by Crippen LogP contribution is 2.28. The normalized spacial score (nSPS) is 17.0. The highest BCUT2D eigenvalue weighted by molar-refractivity contribution is 6.30. The molecular weight excluding hydrogens is 240 g/mol. The molecule has 17 heavy (non-hydrogen) atoms. The lowest BCUT2D eigenvalue weighted by Crippen LogP contribution is -2.50. The second kappa shape index (κ2) is 4.92. The van der Waals surface area contributed by atoms with Crippen LogP contribution >= 0.6 is 11.6 Å². The highest BCUT2D eigenvalue weighted by atomic mass is 35.5. The van der Waals surface area contributed by atoms with Gasteiger partial charge in [-0.3, -0.25) is 0 Å². The molecule has 1 aliphatic rings. The number of nitrogens with zero attached hydrogens (tertiary/aromatic N) is 1. The third-order valence-corrected chi connectivity index (χ3v) is 3.14. The number of nitriles is 1. The Kier molecular flexibility index (Phi) is 3.53. The minimum atomic E-state index is -0.216. The van der Waals surface area contributed by atoms with Gasteiger partial charge in [-0.15, -0.1) is 0 Å². The molecule has 90 valence electrons. The van der Waals surface area contributed by atoms with E-state index in [0.717, 1.165) is 5.69 Å². The molecule has 1 aromatic carbocycles. The van der Waals surface area contributed by atoms with Gasteiger partial charge in [-0.2, -0.15) is 5.26 Å². The molecule has 0 spiro atoms. The number of ether oxygens (including phenoxy) is 1. The molecule has 0 bridgehead atoms. The fourth-order valence-corrected chi connectivity index (χ4v) is 1.86. The first-order valence-electron chi connectivity index (χ1n) is 5.31. The van der Waals surface area contributed by atoms with Gasteiger partial charge in [0.2, 0.25) is 0 Å². The largest absolute Gasteiger partial charge is 0.396 e. The lowest BCUT2D eigenvalue weighted by Gasteiger charge is -2.40. The molecule has 4 nitrogen and oxygen atoms in total. The first-order valence-corrected chi connectivity index (χ1v) is 5.69. The molecule has 1 saturated heterocycles.